The molecule has 0 unspecified atom stereocenters. The van der Waals surface area contributed by atoms with Gasteiger partial charge in [-0.3, -0.25) is 0 Å². The average molecular weight is 343 g/mol. The molecule has 5 heteroatoms. The Morgan fingerprint density at radius 3 is 2.63 bits per heavy atom. The maximum absolute atomic E-state index is 6.07. The van der Waals surface area contributed by atoms with Gasteiger partial charge in [0.05, 0.1) is 5.33 Å². The lowest BCUT2D eigenvalue weighted by molar-refractivity contribution is 0.516. The van der Waals surface area contributed by atoms with E-state index in [2.05, 4.69) is 50.6 Å². The van der Waals surface area contributed by atoms with Crippen molar-refractivity contribution in [3.05, 3.63) is 34.6 Å². The van der Waals surface area contributed by atoms with E-state index in [9.17, 15) is 0 Å². The number of hydrogen-bond donors (Lipinski definition) is 0. The first-order valence-electron chi connectivity index (χ1n) is 6.27. The number of aromatic nitrogens is 3. The molecular weight excluding hydrogens is 326 g/mol. The Morgan fingerprint density at radius 2 is 2.05 bits per heavy atom. The largest absolute Gasteiger partial charge is 0.310 e. The second-order valence-corrected chi connectivity index (χ2v) is 6.01. The third-order valence-corrected chi connectivity index (χ3v) is 3.84. The van der Waals surface area contributed by atoms with Crippen LogP contribution < -0.4 is 0 Å². The minimum atomic E-state index is 0.543. The van der Waals surface area contributed by atoms with Gasteiger partial charge in [0.15, 0.2) is 5.82 Å². The number of alkyl halides is 1. The molecule has 0 fully saturated rings. The van der Waals surface area contributed by atoms with E-state index in [1.165, 1.54) is 0 Å². The molecule has 0 saturated heterocycles. The van der Waals surface area contributed by atoms with E-state index in [0.29, 0.717) is 11.2 Å². The van der Waals surface area contributed by atoms with Gasteiger partial charge >= 0.3 is 0 Å². The van der Waals surface area contributed by atoms with Crippen LogP contribution in [0.4, 0.5) is 0 Å². The van der Waals surface area contributed by atoms with E-state index in [-0.39, 0.29) is 0 Å². The Hall–Kier alpha value is -0.870. The highest BCUT2D eigenvalue weighted by atomic mass is 79.9. The number of aryl methyl sites for hydroxylation is 1. The highest BCUT2D eigenvalue weighted by Gasteiger charge is 2.14. The summed E-state index contributed by atoms with van der Waals surface area (Å²) in [6, 6.07) is 5.96. The summed E-state index contributed by atoms with van der Waals surface area (Å²) in [5, 5.41) is 10.1. The van der Waals surface area contributed by atoms with Crippen LogP contribution in [0.2, 0.25) is 5.02 Å². The van der Waals surface area contributed by atoms with Gasteiger partial charge in [0.2, 0.25) is 0 Å². The van der Waals surface area contributed by atoms with Crippen LogP contribution in [0.25, 0.3) is 11.4 Å². The van der Waals surface area contributed by atoms with Crippen LogP contribution in [0.1, 0.15) is 25.2 Å². The number of hydrogen-bond acceptors (Lipinski definition) is 2. The van der Waals surface area contributed by atoms with Gasteiger partial charge in [0, 0.05) is 17.1 Å². The lowest BCUT2D eigenvalue weighted by Gasteiger charge is -2.12. The van der Waals surface area contributed by atoms with E-state index in [4.69, 9.17) is 11.6 Å². The first-order valence-corrected chi connectivity index (χ1v) is 7.77. The predicted molar refractivity (Wildman–Crippen MR) is 82.7 cm³/mol. The van der Waals surface area contributed by atoms with Gasteiger partial charge in [-0.25, -0.2) is 0 Å². The van der Waals surface area contributed by atoms with Crippen LogP contribution in [-0.2, 0) is 11.9 Å². The van der Waals surface area contributed by atoms with Crippen LogP contribution in [0, 0.1) is 12.8 Å². The van der Waals surface area contributed by atoms with E-state index < -0.39 is 0 Å². The van der Waals surface area contributed by atoms with E-state index >= 15 is 0 Å². The number of rotatable bonds is 4. The lowest BCUT2D eigenvalue weighted by atomic mass is 10.1. The maximum Gasteiger partial charge on any atom is 0.163 e. The fraction of sp³-hybridized carbons (Fsp3) is 0.429. The average Bonchev–Trinajstić information content (AvgIpc) is 2.75. The van der Waals surface area contributed by atoms with Crippen LogP contribution in [0.15, 0.2) is 18.2 Å². The van der Waals surface area contributed by atoms with Crippen LogP contribution in [-0.4, -0.2) is 14.8 Å². The van der Waals surface area contributed by atoms with Crippen molar-refractivity contribution >= 4 is 27.5 Å². The summed E-state index contributed by atoms with van der Waals surface area (Å²) in [5.74, 6) is 2.40. The quantitative estimate of drug-likeness (QED) is 0.768. The summed E-state index contributed by atoms with van der Waals surface area (Å²) < 4.78 is 2.17. The van der Waals surface area contributed by atoms with Crippen molar-refractivity contribution in [2.45, 2.75) is 32.6 Å². The molecule has 0 spiro atoms. The van der Waals surface area contributed by atoms with Gasteiger partial charge in [-0.1, -0.05) is 41.4 Å². The molecule has 0 radical (unpaired) electrons. The summed E-state index contributed by atoms with van der Waals surface area (Å²) >= 11 is 9.54. The molecule has 102 valence electrons. The molecule has 0 atom stereocenters. The fourth-order valence-corrected chi connectivity index (χ4v) is 2.52. The molecule has 19 heavy (non-hydrogen) atoms. The SMILES string of the molecule is Cc1cc(-c2nnc(CBr)n2CC(C)C)ccc1Cl. The third-order valence-electron chi connectivity index (χ3n) is 2.91. The van der Waals surface area contributed by atoms with Gasteiger partial charge in [0.1, 0.15) is 5.82 Å². The van der Waals surface area contributed by atoms with Crippen molar-refractivity contribution in [1.82, 2.24) is 14.8 Å². The highest BCUT2D eigenvalue weighted by Crippen LogP contribution is 2.25. The second-order valence-electron chi connectivity index (χ2n) is 5.04. The fourth-order valence-electron chi connectivity index (χ4n) is 1.99. The monoisotopic (exact) mass is 341 g/mol. The van der Waals surface area contributed by atoms with Gasteiger partial charge < -0.3 is 4.57 Å². The van der Waals surface area contributed by atoms with Gasteiger partial charge in [-0.15, -0.1) is 10.2 Å². The molecule has 0 aliphatic rings. The summed E-state index contributed by atoms with van der Waals surface area (Å²) in [4.78, 5) is 0. The third kappa shape index (κ3) is 3.18. The second kappa shape index (κ2) is 6.06. The zero-order chi connectivity index (χ0) is 14.0. The number of halogens is 2. The number of benzene rings is 1. The van der Waals surface area contributed by atoms with Gasteiger partial charge in [-0.05, 0) is 36.6 Å². The molecule has 0 amide bonds. The molecule has 1 aromatic heterocycles. The van der Waals surface area contributed by atoms with Gasteiger partial charge in [0.25, 0.3) is 0 Å². The van der Waals surface area contributed by atoms with Gasteiger partial charge in [-0.2, -0.15) is 0 Å². The van der Waals surface area contributed by atoms with Crippen molar-refractivity contribution in [2.24, 2.45) is 5.92 Å². The standard InChI is InChI=1S/C14H17BrClN3/c1-9(2)8-19-13(7-15)17-18-14(19)11-4-5-12(16)10(3)6-11/h4-6,9H,7-8H2,1-3H3. The number of nitrogens with zero attached hydrogens (tertiary/aromatic N) is 3. The smallest absolute Gasteiger partial charge is 0.163 e. The molecule has 0 aliphatic heterocycles. The first-order chi connectivity index (χ1) is 9.02. The normalized spacial score (nSPS) is 11.3. The van der Waals surface area contributed by atoms with Crippen molar-refractivity contribution < 1.29 is 0 Å². The molecule has 2 aromatic rings. The predicted octanol–water partition coefficient (Wildman–Crippen LogP) is 4.46. The summed E-state index contributed by atoms with van der Waals surface area (Å²) in [6.07, 6.45) is 0. The lowest BCUT2D eigenvalue weighted by Crippen LogP contribution is -2.09. The first kappa shape index (κ1) is 14.5. The molecule has 0 bridgehead atoms. The van der Waals surface area contributed by atoms with Crippen molar-refractivity contribution in [2.75, 3.05) is 0 Å². The minimum Gasteiger partial charge on any atom is -0.310 e. The Balaban J connectivity index is 2.48. The van der Waals surface area contributed by atoms with Crippen LogP contribution in [0.3, 0.4) is 0 Å². The van der Waals surface area contributed by atoms with Crippen molar-refractivity contribution in [3.63, 3.8) is 0 Å². The van der Waals surface area contributed by atoms with E-state index in [1.54, 1.807) is 0 Å². The summed E-state index contributed by atoms with van der Waals surface area (Å²) in [7, 11) is 0. The van der Waals surface area contributed by atoms with Crippen molar-refractivity contribution in [1.29, 1.82) is 0 Å². The molecule has 0 aliphatic carbocycles. The highest BCUT2D eigenvalue weighted by molar-refractivity contribution is 9.08. The zero-order valence-electron chi connectivity index (χ0n) is 11.3. The maximum atomic E-state index is 6.07. The Morgan fingerprint density at radius 1 is 1.32 bits per heavy atom. The Bertz CT molecular complexity index is 578. The molecule has 0 saturated carbocycles. The van der Waals surface area contributed by atoms with E-state index in [1.807, 2.05) is 19.1 Å². The van der Waals surface area contributed by atoms with Crippen LogP contribution in [0.5, 0.6) is 0 Å². The summed E-state index contributed by atoms with van der Waals surface area (Å²) in [6.45, 7) is 7.29. The molecule has 1 heterocycles. The minimum absolute atomic E-state index is 0.543. The van der Waals surface area contributed by atoms with Crippen molar-refractivity contribution in [3.8, 4) is 11.4 Å². The summed E-state index contributed by atoms with van der Waals surface area (Å²) in [5.41, 5.74) is 2.11. The Kier molecular flexibility index (Phi) is 4.63. The molecule has 0 N–H and O–H groups in total. The molecular formula is C14H17BrClN3. The Labute approximate surface area is 127 Å². The van der Waals surface area contributed by atoms with Crippen LogP contribution >= 0.6 is 27.5 Å². The molecule has 2 rings (SSSR count). The van der Waals surface area contributed by atoms with E-state index in [0.717, 1.165) is 34.3 Å². The molecule has 3 nitrogen and oxygen atoms in total. The molecule has 1 aromatic carbocycles. The topological polar surface area (TPSA) is 30.7 Å². The zero-order valence-corrected chi connectivity index (χ0v) is 13.7.